The van der Waals surface area contributed by atoms with Gasteiger partial charge in [-0.1, -0.05) is 60.1 Å². The van der Waals surface area contributed by atoms with Gasteiger partial charge in [-0.3, -0.25) is 4.79 Å². The summed E-state index contributed by atoms with van der Waals surface area (Å²) in [7, 11) is 0. The number of nitrogens with one attached hydrogen (secondary N) is 1. The number of nitrogens with zero attached hydrogens (tertiary/aromatic N) is 3. The molecule has 0 unspecified atom stereocenters. The highest BCUT2D eigenvalue weighted by Crippen LogP contribution is 2.31. The number of carbonyl (C=O) groups excluding carboxylic acids is 1. The second-order valence-electron chi connectivity index (χ2n) is 7.47. The van der Waals surface area contributed by atoms with Crippen molar-refractivity contribution in [2.24, 2.45) is 0 Å². The van der Waals surface area contributed by atoms with Crippen molar-refractivity contribution in [1.82, 2.24) is 9.78 Å². The van der Waals surface area contributed by atoms with E-state index in [1.165, 1.54) is 6.08 Å². The van der Waals surface area contributed by atoms with Gasteiger partial charge in [0.2, 0.25) is 0 Å². The topological polar surface area (TPSA) is 83.8 Å². The molecule has 164 valence electrons. The van der Waals surface area contributed by atoms with Gasteiger partial charge < -0.3 is 9.73 Å². The Balaban J connectivity index is 1.59. The molecule has 1 amide bonds. The number of para-hydroxylation sites is 3. The van der Waals surface area contributed by atoms with Gasteiger partial charge in [0.05, 0.1) is 16.4 Å². The lowest BCUT2D eigenvalue weighted by Crippen LogP contribution is -2.13. The van der Waals surface area contributed by atoms with E-state index in [-0.39, 0.29) is 5.57 Å². The SMILES string of the molecule is N#CC(=Cc1cn(-c2ccccc2)nc1-c1cc2ccccc2o1)C(=O)Nc1ccccc1Cl. The third-order valence-electron chi connectivity index (χ3n) is 5.21. The van der Waals surface area contributed by atoms with Crippen LogP contribution >= 0.6 is 11.6 Å². The lowest BCUT2D eigenvalue weighted by Gasteiger charge is -2.05. The molecule has 0 aliphatic heterocycles. The third-order valence-corrected chi connectivity index (χ3v) is 5.54. The number of hydrogen-bond acceptors (Lipinski definition) is 4. The number of furan rings is 1. The van der Waals surface area contributed by atoms with Gasteiger partial charge >= 0.3 is 0 Å². The smallest absolute Gasteiger partial charge is 0.266 e. The fourth-order valence-electron chi connectivity index (χ4n) is 3.55. The van der Waals surface area contributed by atoms with Crippen molar-refractivity contribution in [1.29, 1.82) is 5.26 Å². The second kappa shape index (κ2) is 9.10. The van der Waals surface area contributed by atoms with E-state index >= 15 is 0 Å². The number of nitriles is 1. The van der Waals surface area contributed by atoms with Crippen LogP contribution in [0.4, 0.5) is 5.69 Å². The molecule has 1 N–H and O–H groups in total. The van der Waals surface area contributed by atoms with E-state index in [2.05, 4.69) is 5.32 Å². The first-order valence-corrected chi connectivity index (χ1v) is 10.8. The summed E-state index contributed by atoms with van der Waals surface area (Å²) in [6.07, 6.45) is 3.26. The van der Waals surface area contributed by atoms with Crippen LogP contribution in [0.15, 0.2) is 101 Å². The van der Waals surface area contributed by atoms with E-state index in [1.54, 1.807) is 35.1 Å². The summed E-state index contributed by atoms with van der Waals surface area (Å²) in [6, 6.07) is 27.9. The molecule has 0 saturated heterocycles. The number of anilines is 1. The molecule has 0 aliphatic carbocycles. The molecule has 0 spiro atoms. The quantitative estimate of drug-likeness (QED) is 0.238. The zero-order valence-corrected chi connectivity index (χ0v) is 18.5. The number of amides is 1. The molecule has 5 aromatic rings. The van der Waals surface area contributed by atoms with Crippen LogP contribution in [0.5, 0.6) is 0 Å². The summed E-state index contributed by atoms with van der Waals surface area (Å²) in [5, 5.41) is 18.4. The monoisotopic (exact) mass is 464 g/mol. The van der Waals surface area contributed by atoms with Crippen LogP contribution in [-0.2, 0) is 4.79 Å². The molecule has 0 aliphatic rings. The van der Waals surface area contributed by atoms with Crippen molar-refractivity contribution in [3.8, 4) is 23.2 Å². The molecule has 0 bridgehead atoms. The molecular weight excluding hydrogens is 448 g/mol. The molecule has 7 heteroatoms. The van der Waals surface area contributed by atoms with Crippen LogP contribution in [0.2, 0.25) is 5.02 Å². The Morgan fingerprint density at radius 3 is 2.53 bits per heavy atom. The van der Waals surface area contributed by atoms with Crippen LogP contribution in [-0.4, -0.2) is 15.7 Å². The summed E-state index contributed by atoms with van der Waals surface area (Å²) < 4.78 is 7.71. The minimum Gasteiger partial charge on any atom is -0.454 e. The van der Waals surface area contributed by atoms with Crippen LogP contribution in [0.1, 0.15) is 5.56 Å². The number of benzene rings is 3. The highest BCUT2D eigenvalue weighted by atomic mass is 35.5. The maximum Gasteiger partial charge on any atom is 0.266 e. The number of aromatic nitrogens is 2. The summed E-state index contributed by atoms with van der Waals surface area (Å²) in [6.45, 7) is 0. The highest BCUT2D eigenvalue weighted by Gasteiger charge is 2.18. The van der Waals surface area contributed by atoms with Crippen LogP contribution in [0.25, 0.3) is 34.2 Å². The standard InChI is InChI=1S/C27H17ClN4O2/c28-22-11-5-6-12-23(22)30-27(33)19(16-29)14-20-17-32(21-9-2-1-3-10-21)31-26(20)25-15-18-8-4-7-13-24(18)34-25/h1-15,17H,(H,30,33). The minimum absolute atomic E-state index is 0.0927. The summed E-state index contributed by atoms with van der Waals surface area (Å²) in [5.74, 6) is -0.0375. The largest absolute Gasteiger partial charge is 0.454 e. The Labute approximate surface area is 200 Å². The van der Waals surface area contributed by atoms with Gasteiger partial charge in [0.15, 0.2) is 5.76 Å². The third kappa shape index (κ3) is 4.20. The van der Waals surface area contributed by atoms with Gasteiger partial charge in [-0.25, -0.2) is 4.68 Å². The van der Waals surface area contributed by atoms with E-state index in [0.29, 0.717) is 27.7 Å². The minimum atomic E-state index is -0.571. The van der Waals surface area contributed by atoms with Crippen molar-refractivity contribution in [2.45, 2.75) is 0 Å². The van der Waals surface area contributed by atoms with Crippen LogP contribution < -0.4 is 5.32 Å². The number of fused-ring (bicyclic) bond motifs is 1. The lowest BCUT2D eigenvalue weighted by molar-refractivity contribution is -0.112. The molecule has 2 heterocycles. The first-order chi connectivity index (χ1) is 16.6. The Bertz CT molecular complexity index is 1540. The van der Waals surface area contributed by atoms with Crippen molar-refractivity contribution >= 4 is 40.2 Å². The van der Waals surface area contributed by atoms with Gasteiger partial charge in [-0.2, -0.15) is 10.4 Å². The maximum atomic E-state index is 12.9. The molecule has 3 aromatic carbocycles. The summed E-state index contributed by atoms with van der Waals surface area (Å²) >= 11 is 6.15. The van der Waals surface area contributed by atoms with Gasteiger partial charge in [-0.15, -0.1) is 0 Å². The zero-order valence-electron chi connectivity index (χ0n) is 17.8. The Hall–Kier alpha value is -4.60. The summed E-state index contributed by atoms with van der Waals surface area (Å²) in [5.41, 5.74) is 2.96. The maximum absolute atomic E-state index is 12.9. The van der Waals surface area contributed by atoms with Crippen LogP contribution in [0, 0.1) is 11.3 Å². The molecule has 34 heavy (non-hydrogen) atoms. The molecule has 5 rings (SSSR count). The number of halogens is 1. The number of hydrogen-bond donors (Lipinski definition) is 1. The van der Waals surface area contributed by atoms with E-state index < -0.39 is 5.91 Å². The molecular formula is C27H17ClN4O2. The van der Waals surface area contributed by atoms with Gasteiger partial charge in [-0.05, 0) is 42.5 Å². The predicted octanol–water partition coefficient (Wildman–Crippen LogP) is 6.48. The molecule has 6 nitrogen and oxygen atoms in total. The Morgan fingerprint density at radius 1 is 1.03 bits per heavy atom. The van der Waals surface area contributed by atoms with E-state index in [1.807, 2.05) is 66.7 Å². The molecule has 0 atom stereocenters. The molecule has 0 fully saturated rings. The number of rotatable bonds is 5. The van der Waals surface area contributed by atoms with E-state index in [0.717, 1.165) is 16.7 Å². The Morgan fingerprint density at radius 2 is 1.76 bits per heavy atom. The first-order valence-electron chi connectivity index (χ1n) is 10.4. The molecule has 0 radical (unpaired) electrons. The average Bonchev–Trinajstić information content (AvgIpc) is 3.48. The van der Waals surface area contributed by atoms with Crippen LogP contribution in [0.3, 0.4) is 0 Å². The second-order valence-corrected chi connectivity index (χ2v) is 7.87. The summed E-state index contributed by atoms with van der Waals surface area (Å²) in [4.78, 5) is 12.9. The Kier molecular flexibility index (Phi) is 5.69. The van der Waals surface area contributed by atoms with Gasteiger partial charge in [0.25, 0.3) is 5.91 Å². The number of carbonyl (C=O) groups is 1. The van der Waals surface area contributed by atoms with Crippen molar-refractivity contribution < 1.29 is 9.21 Å². The van der Waals surface area contributed by atoms with E-state index in [9.17, 15) is 10.1 Å². The fraction of sp³-hybridized carbons (Fsp3) is 0. The lowest BCUT2D eigenvalue weighted by atomic mass is 10.1. The van der Waals surface area contributed by atoms with Crippen molar-refractivity contribution in [2.75, 3.05) is 5.32 Å². The average molecular weight is 465 g/mol. The van der Waals surface area contributed by atoms with Crippen molar-refractivity contribution in [3.05, 3.63) is 107 Å². The van der Waals surface area contributed by atoms with Gasteiger partial charge in [0, 0.05) is 17.1 Å². The van der Waals surface area contributed by atoms with Gasteiger partial charge in [0.1, 0.15) is 22.9 Å². The highest BCUT2D eigenvalue weighted by molar-refractivity contribution is 6.34. The molecule has 2 aromatic heterocycles. The predicted molar refractivity (Wildman–Crippen MR) is 132 cm³/mol. The van der Waals surface area contributed by atoms with E-state index in [4.69, 9.17) is 21.1 Å². The molecule has 0 saturated carbocycles. The first kappa shape index (κ1) is 21.3. The zero-order chi connectivity index (χ0) is 23.5. The fourth-order valence-corrected chi connectivity index (χ4v) is 3.74. The van der Waals surface area contributed by atoms with Crippen molar-refractivity contribution in [3.63, 3.8) is 0 Å². The normalized spacial score (nSPS) is 11.4.